The van der Waals surface area contributed by atoms with Crippen LogP contribution in [0.4, 0.5) is 4.79 Å². The summed E-state index contributed by atoms with van der Waals surface area (Å²) in [4.78, 5) is 25.3. The van der Waals surface area contributed by atoms with Crippen LogP contribution in [-0.4, -0.2) is 45.5 Å². The number of nitrogens with zero attached hydrogens (tertiary/aromatic N) is 1. The number of esters is 1. The van der Waals surface area contributed by atoms with E-state index < -0.39 is 35.5 Å². The van der Waals surface area contributed by atoms with Crippen LogP contribution < -0.4 is 0 Å². The maximum Gasteiger partial charge on any atom is 0.413 e. The molecule has 0 aliphatic carbocycles. The SMILES string of the molecule is CC(C)(C)OC(=O)[C@@H]1CCC(O)N1C(=O)OC(C)(C)C. The molecule has 0 spiro atoms. The van der Waals surface area contributed by atoms with Gasteiger partial charge in [0.2, 0.25) is 0 Å². The number of carbonyl (C=O) groups excluding carboxylic acids is 2. The lowest BCUT2D eigenvalue weighted by Gasteiger charge is -2.31. The standard InChI is InChI=1S/C14H25NO5/c1-13(2,3)19-11(17)9-7-8-10(16)15(9)12(18)20-14(4,5)6/h9-10,16H,7-8H2,1-6H3/t9-,10?/m0/s1. The number of likely N-dealkylation sites (tertiary alicyclic amines) is 1. The highest BCUT2D eigenvalue weighted by Gasteiger charge is 2.43. The third kappa shape index (κ3) is 4.67. The average Bonchev–Trinajstić information content (AvgIpc) is 2.54. The molecule has 1 N–H and O–H groups in total. The van der Waals surface area contributed by atoms with E-state index in [9.17, 15) is 14.7 Å². The van der Waals surface area contributed by atoms with Crippen molar-refractivity contribution < 1.29 is 24.2 Å². The molecule has 20 heavy (non-hydrogen) atoms. The molecule has 1 aliphatic heterocycles. The minimum atomic E-state index is -1.01. The van der Waals surface area contributed by atoms with E-state index >= 15 is 0 Å². The maximum absolute atomic E-state index is 12.1. The normalized spacial score (nSPS) is 23.6. The predicted octanol–water partition coefficient (Wildman–Crippen LogP) is 2.05. The molecule has 0 aromatic carbocycles. The summed E-state index contributed by atoms with van der Waals surface area (Å²) in [5.74, 6) is -0.514. The minimum Gasteiger partial charge on any atom is -0.458 e. The van der Waals surface area contributed by atoms with Crippen LogP contribution in [-0.2, 0) is 14.3 Å². The summed E-state index contributed by atoms with van der Waals surface area (Å²) in [6.45, 7) is 10.5. The summed E-state index contributed by atoms with van der Waals surface area (Å²) in [5, 5.41) is 9.89. The average molecular weight is 287 g/mol. The highest BCUT2D eigenvalue weighted by atomic mass is 16.6. The monoisotopic (exact) mass is 287 g/mol. The number of rotatable bonds is 1. The molecule has 0 aromatic heterocycles. The van der Waals surface area contributed by atoms with E-state index in [0.29, 0.717) is 12.8 Å². The van der Waals surface area contributed by atoms with Gasteiger partial charge in [-0.05, 0) is 54.4 Å². The van der Waals surface area contributed by atoms with Crippen LogP contribution in [0.5, 0.6) is 0 Å². The third-order valence-corrected chi connectivity index (χ3v) is 2.64. The van der Waals surface area contributed by atoms with Crippen molar-refractivity contribution in [2.75, 3.05) is 0 Å². The molecule has 0 aromatic rings. The topological polar surface area (TPSA) is 76.1 Å². The van der Waals surface area contributed by atoms with Gasteiger partial charge in [-0.2, -0.15) is 0 Å². The molecule has 0 bridgehead atoms. The Hall–Kier alpha value is -1.30. The molecule has 0 saturated carbocycles. The second-order valence-electron chi connectivity index (χ2n) is 6.99. The Morgan fingerprint density at radius 3 is 1.95 bits per heavy atom. The van der Waals surface area contributed by atoms with Crippen molar-refractivity contribution in [1.29, 1.82) is 0 Å². The first-order valence-corrected chi connectivity index (χ1v) is 6.83. The van der Waals surface area contributed by atoms with Crippen LogP contribution in [0.1, 0.15) is 54.4 Å². The van der Waals surface area contributed by atoms with Crippen LogP contribution in [0.2, 0.25) is 0 Å². The van der Waals surface area contributed by atoms with Gasteiger partial charge in [0.25, 0.3) is 0 Å². The molecule has 1 unspecified atom stereocenters. The van der Waals surface area contributed by atoms with Gasteiger partial charge in [0, 0.05) is 0 Å². The van der Waals surface area contributed by atoms with E-state index in [1.54, 1.807) is 41.5 Å². The molecular formula is C14H25NO5. The van der Waals surface area contributed by atoms with Crippen molar-refractivity contribution in [3.63, 3.8) is 0 Å². The summed E-state index contributed by atoms with van der Waals surface area (Å²) in [6, 6.07) is -0.793. The van der Waals surface area contributed by atoms with Crippen LogP contribution in [0.15, 0.2) is 0 Å². The number of carbonyl (C=O) groups is 2. The fraction of sp³-hybridized carbons (Fsp3) is 0.857. The summed E-state index contributed by atoms with van der Waals surface area (Å²) < 4.78 is 10.5. The molecule has 2 atom stereocenters. The summed E-state index contributed by atoms with van der Waals surface area (Å²) in [5.41, 5.74) is -1.32. The summed E-state index contributed by atoms with van der Waals surface area (Å²) >= 11 is 0. The molecule has 0 radical (unpaired) electrons. The molecular weight excluding hydrogens is 262 g/mol. The Morgan fingerprint density at radius 2 is 1.50 bits per heavy atom. The second kappa shape index (κ2) is 5.60. The lowest BCUT2D eigenvalue weighted by atomic mass is 10.1. The number of amides is 1. The predicted molar refractivity (Wildman–Crippen MR) is 72.9 cm³/mol. The summed E-state index contributed by atoms with van der Waals surface area (Å²) in [7, 11) is 0. The molecule has 116 valence electrons. The van der Waals surface area contributed by atoms with Gasteiger partial charge in [-0.3, -0.25) is 4.90 Å². The Morgan fingerprint density at radius 1 is 1.00 bits per heavy atom. The number of hydrogen-bond donors (Lipinski definition) is 1. The van der Waals surface area contributed by atoms with Gasteiger partial charge in [-0.25, -0.2) is 9.59 Å². The first-order valence-electron chi connectivity index (χ1n) is 6.83. The van der Waals surface area contributed by atoms with E-state index in [1.807, 2.05) is 0 Å². The van der Waals surface area contributed by atoms with Crippen molar-refractivity contribution in [2.45, 2.75) is 77.9 Å². The van der Waals surface area contributed by atoms with Crippen molar-refractivity contribution in [2.24, 2.45) is 0 Å². The van der Waals surface area contributed by atoms with Gasteiger partial charge in [-0.1, -0.05) is 0 Å². The van der Waals surface area contributed by atoms with Crippen LogP contribution in [0, 0.1) is 0 Å². The van der Waals surface area contributed by atoms with Gasteiger partial charge in [0.05, 0.1) is 0 Å². The Bertz CT molecular complexity index is 380. The van der Waals surface area contributed by atoms with E-state index in [2.05, 4.69) is 0 Å². The molecule has 1 amide bonds. The molecule has 1 aliphatic rings. The van der Waals surface area contributed by atoms with Crippen LogP contribution in [0.3, 0.4) is 0 Å². The van der Waals surface area contributed by atoms with E-state index in [-0.39, 0.29) is 0 Å². The first-order chi connectivity index (χ1) is 8.91. The molecule has 6 nitrogen and oxygen atoms in total. The second-order valence-corrected chi connectivity index (χ2v) is 6.99. The third-order valence-electron chi connectivity index (χ3n) is 2.64. The highest BCUT2D eigenvalue weighted by molar-refractivity contribution is 5.82. The Balaban J connectivity index is 2.81. The van der Waals surface area contributed by atoms with Crippen molar-refractivity contribution >= 4 is 12.1 Å². The Labute approximate surface area is 120 Å². The quantitative estimate of drug-likeness (QED) is 0.747. The highest BCUT2D eigenvalue weighted by Crippen LogP contribution is 2.27. The largest absolute Gasteiger partial charge is 0.458 e. The zero-order chi connectivity index (χ0) is 15.7. The summed E-state index contributed by atoms with van der Waals surface area (Å²) in [6.07, 6.45) is -1.00. The molecule has 1 fully saturated rings. The van der Waals surface area contributed by atoms with Gasteiger partial charge in [-0.15, -0.1) is 0 Å². The van der Waals surface area contributed by atoms with Gasteiger partial charge < -0.3 is 14.6 Å². The zero-order valence-corrected chi connectivity index (χ0v) is 13.1. The van der Waals surface area contributed by atoms with Crippen LogP contribution >= 0.6 is 0 Å². The van der Waals surface area contributed by atoms with Crippen LogP contribution in [0.25, 0.3) is 0 Å². The number of aliphatic hydroxyl groups is 1. The maximum atomic E-state index is 12.1. The van der Waals surface area contributed by atoms with Crippen molar-refractivity contribution in [3.8, 4) is 0 Å². The molecule has 1 saturated heterocycles. The smallest absolute Gasteiger partial charge is 0.413 e. The van der Waals surface area contributed by atoms with Crippen molar-refractivity contribution in [1.82, 2.24) is 4.90 Å². The molecule has 1 heterocycles. The van der Waals surface area contributed by atoms with Gasteiger partial charge in [0.15, 0.2) is 0 Å². The number of aliphatic hydroxyl groups excluding tert-OH is 1. The number of ether oxygens (including phenoxy) is 2. The van der Waals surface area contributed by atoms with E-state index in [1.165, 1.54) is 0 Å². The lowest BCUT2D eigenvalue weighted by Crippen LogP contribution is -2.48. The first kappa shape index (κ1) is 16.8. The minimum absolute atomic E-state index is 0.336. The number of hydrogen-bond acceptors (Lipinski definition) is 5. The fourth-order valence-electron chi connectivity index (χ4n) is 1.96. The van der Waals surface area contributed by atoms with Gasteiger partial charge >= 0.3 is 12.1 Å². The zero-order valence-electron chi connectivity index (χ0n) is 13.1. The molecule has 6 heteroatoms. The fourth-order valence-corrected chi connectivity index (χ4v) is 1.96. The lowest BCUT2D eigenvalue weighted by molar-refractivity contribution is -0.162. The Kier molecular flexibility index (Phi) is 4.69. The van der Waals surface area contributed by atoms with E-state index in [4.69, 9.17) is 9.47 Å². The van der Waals surface area contributed by atoms with Gasteiger partial charge in [0.1, 0.15) is 23.5 Å². The van der Waals surface area contributed by atoms with E-state index in [0.717, 1.165) is 4.90 Å². The molecule has 1 rings (SSSR count). The van der Waals surface area contributed by atoms with Crippen molar-refractivity contribution in [3.05, 3.63) is 0 Å².